The number of likely N-dealkylation sites (tertiary alicyclic amines) is 1. The van der Waals surface area contributed by atoms with E-state index in [9.17, 15) is 9.59 Å². The number of urea groups is 1. The predicted molar refractivity (Wildman–Crippen MR) is 78.6 cm³/mol. The molecule has 1 aromatic heterocycles. The maximum atomic E-state index is 12.2. The molecule has 0 saturated carbocycles. The van der Waals surface area contributed by atoms with Crippen LogP contribution >= 0.6 is 0 Å². The molecule has 0 aromatic carbocycles. The number of nitrogens with one attached hydrogen (secondary N) is 2. The zero-order valence-corrected chi connectivity index (χ0v) is 12.6. The quantitative estimate of drug-likeness (QED) is 0.852. The molecule has 7 heteroatoms. The van der Waals surface area contributed by atoms with Gasteiger partial charge in [-0.1, -0.05) is 0 Å². The van der Waals surface area contributed by atoms with Gasteiger partial charge in [-0.15, -0.1) is 0 Å². The standard InChI is InChI=1S/C14H23N5O2/c1-11(9-19-8-4-6-15-19)16-14(21)18-7-3-5-13(10-18)17-12(2)20/h4,6,8,11,13H,3,5,7,9-10H2,1-2H3,(H,16,21)(H,17,20)/t11-,13+/m1/s1. The molecule has 2 N–H and O–H groups in total. The van der Waals surface area contributed by atoms with Crippen LogP contribution in [0.4, 0.5) is 4.79 Å². The third-order valence-corrected chi connectivity index (χ3v) is 3.51. The largest absolute Gasteiger partial charge is 0.352 e. The van der Waals surface area contributed by atoms with Crippen molar-refractivity contribution in [3.8, 4) is 0 Å². The maximum Gasteiger partial charge on any atom is 0.317 e. The molecule has 7 nitrogen and oxygen atoms in total. The lowest BCUT2D eigenvalue weighted by Crippen LogP contribution is -2.53. The summed E-state index contributed by atoms with van der Waals surface area (Å²) in [4.78, 5) is 25.1. The molecule has 2 rings (SSSR count). The minimum Gasteiger partial charge on any atom is -0.352 e. The number of amides is 3. The van der Waals surface area contributed by atoms with Gasteiger partial charge in [0.25, 0.3) is 0 Å². The fourth-order valence-electron chi connectivity index (χ4n) is 2.60. The van der Waals surface area contributed by atoms with E-state index in [-0.39, 0.29) is 24.0 Å². The van der Waals surface area contributed by atoms with Gasteiger partial charge in [-0.2, -0.15) is 5.10 Å². The highest BCUT2D eigenvalue weighted by Crippen LogP contribution is 2.10. The molecule has 1 fully saturated rings. The molecular weight excluding hydrogens is 270 g/mol. The van der Waals surface area contributed by atoms with Gasteiger partial charge < -0.3 is 15.5 Å². The van der Waals surface area contributed by atoms with Crippen LogP contribution in [0.25, 0.3) is 0 Å². The second kappa shape index (κ2) is 7.10. The molecule has 0 radical (unpaired) electrons. The number of nitrogens with zero attached hydrogens (tertiary/aromatic N) is 3. The molecule has 116 valence electrons. The van der Waals surface area contributed by atoms with Crippen LogP contribution < -0.4 is 10.6 Å². The zero-order valence-electron chi connectivity index (χ0n) is 12.6. The highest BCUT2D eigenvalue weighted by Gasteiger charge is 2.24. The molecule has 1 aliphatic heterocycles. The normalized spacial score (nSPS) is 19.9. The Morgan fingerprint density at radius 1 is 1.48 bits per heavy atom. The summed E-state index contributed by atoms with van der Waals surface area (Å²) in [6, 6.07) is 1.84. The molecule has 0 bridgehead atoms. The van der Waals surface area contributed by atoms with E-state index in [2.05, 4.69) is 15.7 Å². The van der Waals surface area contributed by atoms with E-state index in [1.807, 2.05) is 19.2 Å². The maximum absolute atomic E-state index is 12.2. The predicted octanol–water partition coefficient (Wildman–Crippen LogP) is 0.582. The monoisotopic (exact) mass is 293 g/mol. The number of aromatic nitrogens is 2. The van der Waals surface area contributed by atoms with Gasteiger partial charge in [-0.25, -0.2) is 4.79 Å². The summed E-state index contributed by atoms with van der Waals surface area (Å²) < 4.78 is 1.79. The molecule has 2 atom stereocenters. The van der Waals surface area contributed by atoms with Crippen LogP contribution in [0.2, 0.25) is 0 Å². The second-order valence-electron chi connectivity index (χ2n) is 5.56. The third kappa shape index (κ3) is 4.77. The number of piperidine rings is 1. The highest BCUT2D eigenvalue weighted by molar-refractivity contribution is 5.75. The van der Waals surface area contributed by atoms with Gasteiger partial charge in [0.05, 0.1) is 6.54 Å². The van der Waals surface area contributed by atoms with Crippen molar-refractivity contribution in [2.24, 2.45) is 0 Å². The number of carbonyl (C=O) groups excluding carboxylic acids is 2. The summed E-state index contributed by atoms with van der Waals surface area (Å²) in [5, 5.41) is 9.98. The van der Waals surface area contributed by atoms with Crippen molar-refractivity contribution in [3.05, 3.63) is 18.5 Å². The van der Waals surface area contributed by atoms with E-state index in [0.717, 1.165) is 19.4 Å². The molecule has 21 heavy (non-hydrogen) atoms. The average Bonchev–Trinajstić information content (AvgIpc) is 2.90. The van der Waals surface area contributed by atoms with Crippen molar-refractivity contribution >= 4 is 11.9 Å². The van der Waals surface area contributed by atoms with E-state index >= 15 is 0 Å². The average molecular weight is 293 g/mol. The molecule has 1 aliphatic rings. The van der Waals surface area contributed by atoms with E-state index in [4.69, 9.17) is 0 Å². The first kappa shape index (κ1) is 15.3. The SMILES string of the molecule is CC(=O)N[C@H]1CCCN(C(=O)N[C@H](C)Cn2cccn2)C1. The Balaban J connectivity index is 1.80. The Labute approximate surface area is 124 Å². The van der Waals surface area contributed by atoms with Gasteiger partial charge in [0.15, 0.2) is 0 Å². The lowest BCUT2D eigenvalue weighted by molar-refractivity contribution is -0.119. The Hall–Kier alpha value is -2.05. The first-order valence-corrected chi connectivity index (χ1v) is 7.34. The minimum atomic E-state index is -0.0790. The van der Waals surface area contributed by atoms with E-state index < -0.39 is 0 Å². The first-order valence-electron chi connectivity index (χ1n) is 7.34. The van der Waals surface area contributed by atoms with Crippen molar-refractivity contribution in [2.45, 2.75) is 45.3 Å². The minimum absolute atomic E-state index is 0.00135. The van der Waals surface area contributed by atoms with Gasteiger partial charge in [-0.05, 0) is 25.8 Å². The number of rotatable bonds is 4. The number of hydrogen-bond acceptors (Lipinski definition) is 3. The van der Waals surface area contributed by atoms with Gasteiger partial charge in [0, 0.05) is 44.5 Å². The van der Waals surface area contributed by atoms with Crippen molar-refractivity contribution in [1.29, 1.82) is 0 Å². The molecule has 0 aliphatic carbocycles. The summed E-state index contributed by atoms with van der Waals surface area (Å²) >= 11 is 0. The van der Waals surface area contributed by atoms with Crippen LogP contribution in [0.5, 0.6) is 0 Å². The lowest BCUT2D eigenvalue weighted by atomic mass is 10.1. The Kier molecular flexibility index (Phi) is 5.19. The summed E-state index contributed by atoms with van der Waals surface area (Å²) in [7, 11) is 0. The topological polar surface area (TPSA) is 79.3 Å². The number of carbonyl (C=O) groups is 2. The Morgan fingerprint density at radius 2 is 2.29 bits per heavy atom. The van der Waals surface area contributed by atoms with Gasteiger partial charge in [-0.3, -0.25) is 9.48 Å². The lowest BCUT2D eigenvalue weighted by Gasteiger charge is -2.33. The molecule has 0 spiro atoms. The highest BCUT2D eigenvalue weighted by atomic mass is 16.2. The van der Waals surface area contributed by atoms with Crippen molar-refractivity contribution in [1.82, 2.24) is 25.3 Å². The third-order valence-electron chi connectivity index (χ3n) is 3.51. The van der Waals surface area contributed by atoms with Crippen LogP contribution in [-0.4, -0.2) is 51.8 Å². The van der Waals surface area contributed by atoms with Gasteiger partial charge in [0.2, 0.25) is 5.91 Å². The Morgan fingerprint density at radius 3 is 2.95 bits per heavy atom. The fourth-order valence-corrected chi connectivity index (χ4v) is 2.60. The summed E-state index contributed by atoms with van der Waals surface area (Å²) in [5.74, 6) is -0.0469. The van der Waals surface area contributed by atoms with Crippen molar-refractivity contribution < 1.29 is 9.59 Å². The summed E-state index contributed by atoms with van der Waals surface area (Å²) in [6.07, 6.45) is 5.42. The fraction of sp³-hybridized carbons (Fsp3) is 0.643. The smallest absolute Gasteiger partial charge is 0.317 e. The van der Waals surface area contributed by atoms with Crippen molar-refractivity contribution in [2.75, 3.05) is 13.1 Å². The molecule has 2 heterocycles. The van der Waals surface area contributed by atoms with E-state index in [1.165, 1.54) is 6.92 Å². The van der Waals surface area contributed by atoms with Crippen LogP contribution in [-0.2, 0) is 11.3 Å². The summed E-state index contributed by atoms with van der Waals surface area (Å²) in [5.41, 5.74) is 0. The Bertz CT molecular complexity index is 474. The van der Waals surface area contributed by atoms with E-state index in [1.54, 1.807) is 15.8 Å². The number of hydrogen-bond donors (Lipinski definition) is 2. The van der Waals surface area contributed by atoms with Gasteiger partial charge in [0.1, 0.15) is 0 Å². The van der Waals surface area contributed by atoms with Crippen LogP contribution in [0.1, 0.15) is 26.7 Å². The molecule has 0 unspecified atom stereocenters. The molecule has 1 saturated heterocycles. The summed E-state index contributed by atoms with van der Waals surface area (Å²) in [6.45, 7) is 5.40. The van der Waals surface area contributed by atoms with Crippen LogP contribution in [0, 0.1) is 0 Å². The molecular formula is C14H23N5O2. The first-order chi connectivity index (χ1) is 10.0. The molecule has 3 amide bonds. The zero-order chi connectivity index (χ0) is 15.2. The van der Waals surface area contributed by atoms with E-state index in [0.29, 0.717) is 13.1 Å². The second-order valence-corrected chi connectivity index (χ2v) is 5.56. The van der Waals surface area contributed by atoms with Crippen LogP contribution in [0.15, 0.2) is 18.5 Å². The van der Waals surface area contributed by atoms with Gasteiger partial charge >= 0.3 is 6.03 Å². The van der Waals surface area contributed by atoms with Crippen molar-refractivity contribution in [3.63, 3.8) is 0 Å². The molecule has 1 aromatic rings. The van der Waals surface area contributed by atoms with Crippen LogP contribution in [0.3, 0.4) is 0 Å².